The Balaban J connectivity index is 2.27. The molecule has 0 heterocycles. The van der Waals surface area contributed by atoms with Gasteiger partial charge in [-0.05, 0) is 43.5 Å². The molecule has 1 N–H and O–H groups in total. The molecule has 0 atom stereocenters. The van der Waals surface area contributed by atoms with Gasteiger partial charge in [-0.25, -0.2) is 4.79 Å². The average Bonchev–Trinajstić information content (AvgIpc) is 3.07. The maximum Gasteiger partial charge on any atom is 0.405 e. The van der Waals surface area contributed by atoms with Crippen molar-refractivity contribution < 1.29 is 23.1 Å². The van der Waals surface area contributed by atoms with E-state index in [1.165, 1.54) is 23.1 Å². The average molecular weight is 273 g/mol. The molecule has 0 unspecified atom stereocenters. The quantitative estimate of drug-likeness (QED) is 0.915. The first kappa shape index (κ1) is 13.7. The van der Waals surface area contributed by atoms with Gasteiger partial charge in [0.25, 0.3) is 0 Å². The summed E-state index contributed by atoms with van der Waals surface area (Å²) in [6.45, 7) is 0.592. The van der Waals surface area contributed by atoms with Crippen molar-refractivity contribution in [2.75, 3.05) is 11.4 Å². The van der Waals surface area contributed by atoms with Gasteiger partial charge in [0.05, 0.1) is 5.56 Å². The van der Waals surface area contributed by atoms with Crippen molar-refractivity contribution in [2.24, 2.45) is 0 Å². The first-order chi connectivity index (χ1) is 8.78. The molecule has 0 spiro atoms. The Kier molecular flexibility index (Phi) is 3.43. The zero-order valence-corrected chi connectivity index (χ0v) is 10.4. The summed E-state index contributed by atoms with van der Waals surface area (Å²) in [4.78, 5) is 12.2. The molecule has 0 amide bonds. The number of aryl methyl sites for hydroxylation is 1. The lowest BCUT2D eigenvalue weighted by Crippen LogP contribution is -2.36. The zero-order chi connectivity index (χ0) is 14.2. The van der Waals surface area contributed by atoms with Gasteiger partial charge in [0.1, 0.15) is 6.54 Å². The molecular weight excluding hydrogens is 259 g/mol. The van der Waals surface area contributed by atoms with Gasteiger partial charge in [-0.15, -0.1) is 0 Å². The van der Waals surface area contributed by atoms with Crippen LogP contribution in [-0.4, -0.2) is 29.8 Å². The van der Waals surface area contributed by atoms with Gasteiger partial charge in [-0.2, -0.15) is 13.2 Å². The molecule has 104 valence electrons. The Bertz CT molecular complexity index is 495. The number of carboxylic acid groups (broad SMARTS) is 1. The fraction of sp³-hybridized carbons (Fsp3) is 0.462. The van der Waals surface area contributed by atoms with Crippen molar-refractivity contribution in [2.45, 2.75) is 32.0 Å². The van der Waals surface area contributed by atoms with Crippen LogP contribution in [-0.2, 0) is 0 Å². The van der Waals surface area contributed by atoms with Gasteiger partial charge in [-0.3, -0.25) is 0 Å². The molecular formula is C13H14F3NO2. The number of hydrogen-bond donors (Lipinski definition) is 1. The van der Waals surface area contributed by atoms with Crippen LogP contribution >= 0.6 is 0 Å². The molecule has 0 aromatic heterocycles. The molecule has 6 heteroatoms. The summed E-state index contributed by atoms with van der Waals surface area (Å²) in [5.74, 6) is -1.07. The van der Waals surface area contributed by atoms with Crippen LogP contribution < -0.4 is 4.90 Å². The Morgan fingerprint density at radius 2 is 2.05 bits per heavy atom. The smallest absolute Gasteiger partial charge is 0.405 e. The van der Waals surface area contributed by atoms with Crippen LogP contribution in [0.1, 0.15) is 28.8 Å². The predicted molar refractivity (Wildman–Crippen MR) is 64.6 cm³/mol. The summed E-state index contributed by atoms with van der Waals surface area (Å²) in [6.07, 6.45) is -2.77. The topological polar surface area (TPSA) is 40.5 Å². The number of rotatable bonds is 4. The number of anilines is 1. The molecule has 1 aromatic rings. The van der Waals surface area contributed by atoms with E-state index in [4.69, 9.17) is 5.11 Å². The second kappa shape index (κ2) is 4.75. The van der Waals surface area contributed by atoms with Crippen molar-refractivity contribution in [1.82, 2.24) is 0 Å². The van der Waals surface area contributed by atoms with Gasteiger partial charge in [0.2, 0.25) is 0 Å². The summed E-state index contributed by atoms with van der Waals surface area (Å²) in [6, 6.07) is 4.23. The zero-order valence-electron chi connectivity index (χ0n) is 10.4. The normalized spacial score (nSPS) is 15.4. The van der Waals surface area contributed by atoms with E-state index in [9.17, 15) is 18.0 Å². The minimum Gasteiger partial charge on any atom is -0.478 e. The number of carboxylic acids is 1. The molecule has 0 saturated heterocycles. The number of alkyl halides is 3. The molecule has 3 nitrogen and oxygen atoms in total. The summed E-state index contributed by atoms with van der Waals surface area (Å²) < 4.78 is 37.7. The van der Waals surface area contributed by atoms with Crippen LogP contribution in [0.5, 0.6) is 0 Å². The Labute approximate surface area is 108 Å². The second-order valence-electron chi connectivity index (χ2n) is 4.78. The maximum absolute atomic E-state index is 12.6. The molecule has 1 aliphatic rings. The minimum atomic E-state index is -4.26. The van der Waals surface area contributed by atoms with Crippen LogP contribution in [0, 0.1) is 6.92 Å². The largest absolute Gasteiger partial charge is 0.478 e. The Hall–Kier alpha value is -1.72. The Morgan fingerprint density at radius 1 is 1.42 bits per heavy atom. The van der Waals surface area contributed by atoms with Crippen molar-refractivity contribution >= 4 is 11.7 Å². The molecule has 0 aliphatic heterocycles. The number of aromatic carboxylic acids is 1. The van der Waals surface area contributed by atoms with E-state index >= 15 is 0 Å². The highest BCUT2D eigenvalue weighted by Gasteiger charge is 2.38. The van der Waals surface area contributed by atoms with Gasteiger partial charge in [-0.1, -0.05) is 0 Å². The number of carbonyl (C=O) groups is 1. The molecule has 1 saturated carbocycles. The highest BCUT2D eigenvalue weighted by molar-refractivity contribution is 5.89. The monoisotopic (exact) mass is 273 g/mol. The summed E-state index contributed by atoms with van der Waals surface area (Å²) >= 11 is 0. The molecule has 19 heavy (non-hydrogen) atoms. The van der Waals surface area contributed by atoms with E-state index in [0.717, 1.165) is 12.8 Å². The van der Waals surface area contributed by atoms with E-state index in [-0.39, 0.29) is 11.6 Å². The molecule has 2 rings (SSSR count). The summed E-state index contributed by atoms with van der Waals surface area (Å²) in [7, 11) is 0. The standard InChI is InChI=1S/C13H14F3NO2/c1-8-6-10(4-5-11(8)12(18)19)17(9-2-3-9)7-13(14,15)16/h4-6,9H,2-3,7H2,1H3,(H,18,19). The number of benzene rings is 1. The first-order valence-corrected chi connectivity index (χ1v) is 5.95. The maximum atomic E-state index is 12.6. The minimum absolute atomic E-state index is 0.0864. The lowest BCUT2D eigenvalue weighted by molar-refractivity contribution is -0.120. The van der Waals surface area contributed by atoms with Crippen molar-refractivity contribution in [3.63, 3.8) is 0 Å². The second-order valence-corrected chi connectivity index (χ2v) is 4.78. The molecule has 0 radical (unpaired) electrons. The van der Waals surface area contributed by atoms with Crippen LogP contribution in [0.4, 0.5) is 18.9 Å². The third kappa shape index (κ3) is 3.39. The fourth-order valence-corrected chi connectivity index (χ4v) is 2.08. The van der Waals surface area contributed by atoms with Crippen molar-refractivity contribution in [3.8, 4) is 0 Å². The molecule has 1 aliphatic carbocycles. The van der Waals surface area contributed by atoms with Crippen molar-refractivity contribution in [1.29, 1.82) is 0 Å². The van der Waals surface area contributed by atoms with E-state index in [0.29, 0.717) is 11.3 Å². The summed E-state index contributed by atoms with van der Waals surface area (Å²) in [5, 5.41) is 8.91. The first-order valence-electron chi connectivity index (χ1n) is 5.95. The van der Waals surface area contributed by atoms with Gasteiger partial charge in [0.15, 0.2) is 0 Å². The van der Waals surface area contributed by atoms with Crippen LogP contribution in [0.3, 0.4) is 0 Å². The van der Waals surface area contributed by atoms with Crippen LogP contribution in [0.15, 0.2) is 18.2 Å². The van der Waals surface area contributed by atoms with Gasteiger partial charge in [0, 0.05) is 11.7 Å². The van der Waals surface area contributed by atoms with Crippen molar-refractivity contribution in [3.05, 3.63) is 29.3 Å². The van der Waals surface area contributed by atoms with E-state index in [2.05, 4.69) is 0 Å². The van der Waals surface area contributed by atoms with E-state index in [1.807, 2.05) is 0 Å². The van der Waals surface area contributed by atoms with Crippen LogP contribution in [0.25, 0.3) is 0 Å². The lowest BCUT2D eigenvalue weighted by atomic mass is 10.1. The molecule has 0 bridgehead atoms. The Morgan fingerprint density at radius 3 is 2.47 bits per heavy atom. The molecule has 1 fully saturated rings. The van der Waals surface area contributed by atoms with E-state index in [1.54, 1.807) is 6.92 Å². The van der Waals surface area contributed by atoms with E-state index < -0.39 is 18.7 Å². The third-order valence-electron chi connectivity index (χ3n) is 3.11. The highest BCUT2D eigenvalue weighted by Crippen LogP contribution is 2.35. The number of hydrogen-bond acceptors (Lipinski definition) is 2. The summed E-state index contributed by atoms with van der Waals surface area (Å²) in [5.41, 5.74) is 1.02. The molecule has 1 aromatic carbocycles. The SMILES string of the molecule is Cc1cc(N(CC(F)(F)F)C2CC2)ccc1C(=O)O. The third-order valence-corrected chi connectivity index (χ3v) is 3.11. The van der Waals surface area contributed by atoms with Gasteiger partial charge >= 0.3 is 12.1 Å². The predicted octanol–water partition coefficient (Wildman–Crippen LogP) is 3.22. The highest BCUT2D eigenvalue weighted by atomic mass is 19.4. The lowest BCUT2D eigenvalue weighted by Gasteiger charge is -2.26. The fourth-order valence-electron chi connectivity index (χ4n) is 2.08. The van der Waals surface area contributed by atoms with Gasteiger partial charge < -0.3 is 10.0 Å². The number of halogens is 3. The number of nitrogens with zero attached hydrogens (tertiary/aromatic N) is 1. The van der Waals surface area contributed by atoms with Crippen LogP contribution in [0.2, 0.25) is 0 Å².